The molecule has 0 aliphatic rings. The van der Waals surface area contributed by atoms with E-state index in [2.05, 4.69) is 53.1 Å². The lowest BCUT2D eigenvalue weighted by atomic mass is 10.1. The summed E-state index contributed by atoms with van der Waals surface area (Å²) < 4.78 is 5.87. The third-order valence-corrected chi connectivity index (χ3v) is 13.4. The maximum absolute atomic E-state index is 5.87. The number of ether oxygens (including phenoxy) is 1. The highest BCUT2D eigenvalue weighted by Crippen LogP contribution is 2.44. The van der Waals surface area contributed by atoms with Gasteiger partial charge in [-0.05, 0) is 18.5 Å². The molecule has 0 rings (SSSR count). The van der Waals surface area contributed by atoms with Crippen LogP contribution in [0.3, 0.4) is 0 Å². The average molecular weight is 247 g/mol. The largest absolute Gasteiger partial charge is 0.379 e. The minimum Gasteiger partial charge on any atom is -0.379 e. The molecule has 0 bridgehead atoms. The van der Waals surface area contributed by atoms with Gasteiger partial charge in [-0.25, -0.2) is 0 Å². The molecule has 0 aromatic carbocycles. The van der Waals surface area contributed by atoms with Crippen LogP contribution in [-0.2, 0) is 4.74 Å². The van der Waals surface area contributed by atoms with E-state index < -0.39 is 16.1 Å². The molecule has 0 aliphatic carbocycles. The van der Waals surface area contributed by atoms with Gasteiger partial charge < -0.3 is 4.74 Å². The van der Waals surface area contributed by atoms with Crippen molar-refractivity contribution in [1.29, 1.82) is 0 Å². The Morgan fingerprint density at radius 2 is 1.33 bits per heavy atom. The zero-order valence-corrected chi connectivity index (χ0v) is 14.2. The molecule has 1 unspecified atom stereocenters. The van der Waals surface area contributed by atoms with Crippen molar-refractivity contribution in [3.63, 3.8) is 0 Å². The van der Waals surface area contributed by atoms with Crippen molar-refractivity contribution in [2.75, 3.05) is 7.11 Å². The maximum Gasteiger partial charge on any atom is 0.0629 e. The van der Waals surface area contributed by atoms with Gasteiger partial charge in [0.1, 0.15) is 0 Å². The first kappa shape index (κ1) is 15.4. The molecule has 0 heterocycles. The van der Waals surface area contributed by atoms with Crippen LogP contribution in [0.25, 0.3) is 0 Å². The zero-order valence-electron chi connectivity index (χ0n) is 12.2. The van der Waals surface area contributed by atoms with Crippen molar-refractivity contribution in [2.45, 2.75) is 70.3 Å². The minimum atomic E-state index is -1.16. The summed E-state index contributed by atoms with van der Waals surface area (Å²) >= 11 is 0. The van der Waals surface area contributed by atoms with Crippen LogP contribution in [-0.4, -0.2) is 28.9 Å². The van der Waals surface area contributed by atoms with Crippen molar-refractivity contribution in [1.82, 2.24) is 0 Å². The number of hydrogen-bond donors (Lipinski definition) is 0. The van der Waals surface area contributed by atoms with Crippen molar-refractivity contribution >= 4 is 16.1 Å². The van der Waals surface area contributed by atoms with E-state index in [1.807, 2.05) is 7.11 Å². The summed E-state index contributed by atoms with van der Waals surface area (Å²) in [6.07, 6.45) is 1.13. The van der Waals surface area contributed by atoms with Gasteiger partial charge in [0.25, 0.3) is 0 Å². The second-order valence-corrected chi connectivity index (χ2v) is 18.2. The Hall–Kier alpha value is 0.394. The van der Waals surface area contributed by atoms with E-state index in [0.717, 1.165) is 11.6 Å². The topological polar surface area (TPSA) is 9.23 Å². The van der Waals surface area contributed by atoms with Crippen molar-refractivity contribution in [2.24, 2.45) is 0 Å². The summed E-state index contributed by atoms with van der Waals surface area (Å²) in [7, 11) is -0.440. The molecule has 0 saturated carbocycles. The first-order chi connectivity index (χ1) is 6.49. The van der Waals surface area contributed by atoms with Crippen molar-refractivity contribution in [3.05, 3.63) is 0 Å². The third kappa shape index (κ3) is 3.72. The molecule has 0 saturated heterocycles. The molecular formula is C12H30OSi2. The minimum absolute atomic E-state index is 0.0922. The van der Waals surface area contributed by atoms with Gasteiger partial charge in [0.05, 0.1) is 5.60 Å². The fourth-order valence-corrected chi connectivity index (χ4v) is 18.3. The second-order valence-electron chi connectivity index (χ2n) is 7.04. The van der Waals surface area contributed by atoms with Crippen LogP contribution in [0.15, 0.2) is 0 Å². The molecule has 0 amide bonds. The van der Waals surface area contributed by atoms with E-state index >= 15 is 0 Å². The van der Waals surface area contributed by atoms with Crippen LogP contribution in [0.4, 0.5) is 0 Å². The van der Waals surface area contributed by atoms with Gasteiger partial charge in [0, 0.05) is 23.3 Å². The smallest absolute Gasteiger partial charge is 0.0629 e. The Morgan fingerprint density at radius 3 is 1.40 bits per heavy atom. The predicted molar refractivity (Wildman–Crippen MR) is 76.1 cm³/mol. The van der Waals surface area contributed by atoms with Gasteiger partial charge in [0.2, 0.25) is 0 Å². The molecule has 3 heteroatoms. The summed E-state index contributed by atoms with van der Waals surface area (Å²) in [4.78, 5) is 0. The lowest BCUT2D eigenvalue weighted by Gasteiger charge is -2.49. The maximum atomic E-state index is 5.87. The summed E-state index contributed by atoms with van der Waals surface area (Å²) in [5.41, 5.74) is 0.0922. The number of hydrogen-bond acceptors (Lipinski definition) is 1. The van der Waals surface area contributed by atoms with E-state index in [1.165, 1.54) is 0 Å². The van der Waals surface area contributed by atoms with Crippen LogP contribution in [0.2, 0.25) is 44.4 Å². The first-order valence-electron chi connectivity index (χ1n) is 6.04. The SMILES string of the molecule is CCC(C)(OC)C([Si](C)(C)C)[Si](C)(C)C. The quantitative estimate of drug-likeness (QED) is 0.654. The molecule has 0 fully saturated rings. The highest BCUT2D eigenvalue weighted by molar-refractivity contribution is 6.96. The van der Waals surface area contributed by atoms with Crippen LogP contribution in [0.5, 0.6) is 0 Å². The lowest BCUT2D eigenvalue weighted by Crippen LogP contribution is -2.55. The molecular weight excluding hydrogens is 216 g/mol. The van der Waals surface area contributed by atoms with Crippen LogP contribution < -0.4 is 0 Å². The molecule has 1 nitrogen and oxygen atoms in total. The fourth-order valence-electron chi connectivity index (χ4n) is 3.60. The highest BCUT2D eigenvalue weighted by atomic mass is 28.4. The molecule has 0 N–H and O–H groups in total. The Balaban J connectivity index is 5.30. The Morgan fingerprint density at radius 1 is 1.00 bits per heavy atom. The monoisotopic (exact) mass is 246 g/mol. The average Bonchev–Trinajstić information content (AvgIpc) is 1.98. The summed E-state index contributed by atoms with van der Waals surface area (Å²) in [5.74, 6) is 0. The van der Waals surface area contributed by atoms with E-state index in [4.69, 9.17) is 4.74 Å². The zero-order chi connectivity index (χ0) is 12.5. The number of rotatable bonds is 5. The fraction of sp³-hybridized carbons (Fsp3) is 1.00. The van der Waals surface area contributed by atoms with E-state index in [1.54, 1.807) is 0 Å². The molecule has 0 aliphatic heterocycles. The third-order valence-electron chi connectivity index (χ3n) is 3.51. The molecule has 0 radical (unpaired) electrons. The summed E-state index contributed by atoms with van der Waals surface area (Å²) in [6.45, 7) is 19.5. The first-order valence-corrected chi connectivity index (χ1v) is 13.2. The second kappa shape index (κ2) is 4.72. The van der Waals surface area contributed by atoms with Gasteiger partial charge in [-0.15, -0.1) is 0 Å². The van der Waals surface area contributed by atoms with Gasteiger partial charge in [0.15, 0.2) is 0 Å². The summed E-state index contributed by atoms with van der Waals surface area (Å²) in [6, 6.07) is 0. The van der Waals surface area contributed by atoms with Crippen molar-refractivity contribution < 1.29 is 4.74 Å². The Kier molecular flexibility index (Phi) is 4.84. The van der Waals surface area contributed by atoms with Gasteiger partial charge in [-0.3, -0.25) is 0 Å². The van der Waals surface area contributed by atoms with Crippen LogP contribution >= 0.6 is 0 Å². The lowest BCUT2D eigenvalue weighted by molar-refractivity contribution is 0.00857. The summed E-state index contributed by atoms with van der Waals surface area (Å²) in [5, 5.41) is 0.812. The molecule has 1 atom stereocenters. The predicted octanol–water partition coefficient (Wildman–Crippen LogP) is 4.39. The highest BCUT2D eigenvalue weighted by Gasteiger charge is 2.48. The van der Waals surface area contributed by atoms with E-state index in [-0.39, 0.29) is 5.60 Å². The number of methoxy groups -OCH3 is 1. The van der Waals surface area contributed by atoms with Crippen LogP contribution in [0.1, 0.15) is 20.3 Å². The Bertz CT molecular complexity index is 183. The molecule has 92 valence electrons. The molecule has 0 aromatic rings. The van der Waals surface area contributed by atoms with Crippen molar-refractivity contribution in [3.8, 4) is 0 Å². The van der Waals surface area contributed by atoms with E-state index in [0.29, 0.717) is 0 Å². The van der Waals surface area contributed by atoms with Gasteiger partial charge in [-0.2, -0.15) is 0 Å². The normalized spacial score (nSPS) is 18.0. The van der Waals surface area contributed by atoms with Gasteiger partial charge >= 0.3 is 0 Å². The standard InChI is InChI=1S/C12H30OSi2/c1-10-12(2,13-3)11(14(4,5)6)15(7,8)9/h11H,10H2,1-9H3. The van der Waals surface area contributed by atoms with Crippen LogP contribution in [0, 0.1) is 0 Å². The molecule has 0 spiro atoms. The molecule has 0 aromatic heterocycles. The van der Waals surface area contributed by atoms with E-state index in [9.17, 15) is 0 Å². The Labute approximate surface area is 98.6 Å². The van der Waals surface area contributed by atoms with Gasteiger partial charge in [-0.1, -0.05) is 46.2 Å². The molecule has 15 heavy (non-hydrogen) atoms.